The van der Waals surface area contributed by atoms with Crippen molar-refractivity contribution in [1.29, 1.82) is 0 Å². The number of Topliss-reactive ketones (excluding diaryl/α,β-unsaturated/α-hetero) is 1. The SMILES string of the molecule is CCc1cc(/C=C2/CCC/C(=C\c3cc(CC)c(O)c(CC)c3)C2=O)cc(CC)c1O. The lowest BCUT2D eigenvalue weighted by atomic mass is 9.86. The Bertz CT molecular complexity index is 909. The zero-order chi connectivity index (χ0) is 22.5. The fourth-order valence-electron chi connectivity index (χ4n) is 4.40. The molecule has 1 fully saturated rings. The Morgan fingerprint density at radius 1 is 0.677 bits per heavy atom. The minimum absolute atomic E-state index is 0.111. The van der Waals surface area contributed by atoms with Gasteiger partial charge in [0.15, 0.2) is 5.78 Å². The summed E-state index contributed by atoms with van der Waals surface area (Å²) in [5.74, 6) is 0.876. The summed E-state index contributed by atoms with van der Waals surface area (Å²) in [5.41, 5.74) is 7.34. The number of benzene rings is 2. The van der Waals surface area contributed by atoms with Crippen LogP contribution in [0.2, 0.25) is 0 Å². The van der Waals surface area contributed by atoms with Gasteiger partial charge in [0.1, 0.15) is 11.5 Å². The minimum atomic E-state index is 0.111. The lowest BCUT2D eigenvalue weighted by molar-refractivity contribution is -0.112. The highest BCUT2D eigenvalue weighted by atomic mass is 16.3. The van der Waals surface area contributed by atoms with E-state index in [1.807, 2.05) is 64.1 Å². The molecule has 1 aliphatic rings. The van der Waals surface area contributed by atoms with Crippen LogP contribution in [0.1, 0.15) is 80.3 Å². The summed E-state index contributed by atoms with van der Waals surface area (Å²) in [7, 11) is 0. The molecule has 3 nitrogen and oxygen atoms in total. The van der Waals surface area contributed by atoms with Crippen LogP contribution in [0.5, 0.6) is 11.5 Å². The molecule has 0 heterocycles. The van der Waals surface area contributed by atoms with Gasteiger partial charge in [-0.2, -0.15) is 0 Å². The summed E-state index contributed by atoms with van der Waals surface area (Å²) in [6.45, 7) is 8.13. The van der Waals surface area contributed by atoms with Gasteiger partial charge in [0, 0.05) is 11.1 Å². The predicted octanol–water partition coefficient (Wildman–Crippen LogP) is 6.57. The second-order valence-corrected chi connectivity index (χ2v) is 8.31. The van der Waals surface area contributed by atoms with Crippen molar-refractivity contribution in [3.05, 3.63) is 68.8 Å². The molecule has 0 bridgehead atoms. The number of aryl methyl sites for hydroxylation is 4. The summed E-state index contributed by atoms with van der Waals surface area (Å²) in [4.78, 5) is 13.3. The molecule has 0 atom stereocenters. The number of hydrogen-bond donors (Lipinski definition) is 2. The summed E-state index contributed by atoms with van der Waals surface area (Å²) in [5, 5.41) is 20.7. The van der Waals surface area contributed by atoms with Crippen molar-refractivity contribution < 1.29 is 15.0 Å². The molecular formula is C28H34O3. The summed E-state index contributed by atoms with van der Waals surface area (Å²) in [6, 6.07) is 7.98. The first-order chi connectivity index (χ1) is 14.9. The molecule has 31 heavy (non-hydrogen) atoms. The van der Waals surface area contributed by atoms with E-state index in [-0.39, 0.29) is 5.78 Å². The highest BCUT2D eigenvalue weighted by molar-refractivity contribution is 6.14. The predicted molar refractivity (Wildman–Crippen MR) is 129 cm³/mol. The summed E-state index contributed by atoms with van der Waals surface area (Å²) in [6.07, 6.45) is 9.53. The molecule has 0 saturated heterocycles. The van der Waals surface area contributed by atoms with Crippen molar-refractivity contribution in [3.8, 4) is 11.5 Å². The molecule has 164 valence electrons. The third kappa shape index (κ3) is 4.92. The first kappa shape index (κ1) is 22.9. The molecule has 1 aliphatic carbocycles. The van der Waals surface area contributed by atoms with Gasteiger partial charge in [0.05, 0.1) is 0 Å². The maximum Gasteiger partial charge on any atom is 0.185 e. The molecule has 0 spiro atoms. The molecule has 0 aromatic heterocycles. The van der Waals surface area contributed by atoms with Crippen LogP contribution in [-0.2, 0) is 30.5 Å². The van der Waals surface area contributed by atoms with E-state index in [4.69, 9.17) is 0 Å². The number of hydrogen-bond acceptors (Lipinski definition) is 3. The first-order valence-corrected chi connectivity index (χ1v) is 11.6. The number of rotatable bonds is 6. The van der Waals surface area contributed by atoms with Crippen LogP contribution in [0.4, 0.5) is 0 Å². The molecule has 1 saturated carbocycles. The zero-order valence-electron chi connectivity index (χ0n) is 19.2. The van der Waals surface area contributed by atoms with Crippen molar-refractivity contribution in [3.63, 3.8) is 0 Å². The fourth-order valence-corrected chi connectivity index (χ4v) is 4.40. The molecule has 2 aromatic rings. The van der Waals surface area contributed by atoms with Gasteiger partial charge >= 0.3 is 0 Å². The number of ketones is 1. The van der Waals surface area contributed by atoms with E-state index >= 15 is 0 Å². The van der Waals surface area contributed by atoms with Crippen LogP contribution in [0.15, 0.2) is 35.4 Å². The van der Waals surface area contributed by atoms with E-state index in [2.05, 4.69) is 0 Å². The largest absolute Gasteiger partial charge is 0.507 e. The van der Waals surface area contributed by atoms with E-state index < -0.39 is 0 Å². The Labute approximate surface area is 186 Å². The van der Waals surface area contributed by atoms with Crippen LogP contribution >= 0.6 is 0 Å². The average molecular weight is 419 g/mol. The van der Waals surface area contributed by atoms with Crippen LogP contribution in [0.25, 0.3) is 12.2 Å². The molecule has 0 radical (unpaired) electrons. The Morgan fingerprint density at radius 3 is 1.29 bits per heavy atom. The van der Waals surface area contributed by atoms with Gasteiger partial charge in [-0.15, -0.1) is 0 Å². The number of phenolic OH excluding ortho intramolecular Hbond substituents is 2. The quantitative estimate of drug-likeness (QED) is 0.522. The third-order valence-electron chi connectivity index (χ3n) is 6.26. The highest BCUT2D eigenvalue weighted by Crippen LogP contribution is 2.32. The van der Waals surface area contributed by atoms with Gasteiger partial charge in [0.25, 0.3) is 0 Å². The fraction of sp³-hybridized carbons (Fsp3) is 0.393. The molecule has 0 unspecified atom stereocenters. The van der Waals surface area contributed by atoms with Crippen LogP contribution in [0, 0.1) is 0 Å². The van der Waals surface area contributed by atoms with Crippen molar-refractivity contribution in [2.45, 2.75) is 72.6 Å². The molecule has 2 N–H and O–H groups in total. The van der Waals surface area contributed by atoms with E-state index in [1.165, 1.54) is 0 Å². The van der Waals surface area contributed by atoms with Crippen molar-refractivity contribution in [1.82, 2.24) is 0 Å². The molecule has 3 heteroatoms. The minimum Gasteiger partial charge on any atom is -0.507 e. The first-order valence-electron chi connectivity index (χ1n) is 11.6. The molecule has 0 amide bonds. The normalized spacial score (nSPS) is 17.0. The number of phenols is 2. The molecule has 0 aliphatic heterocycles. The van der Waals surface area contributed by atoms with Gasteiger partial charge in [-0.25, -0.2) is 0 Å². The van der Waals surface area contributed by atoms with Crippen molar-refractivity contribution in [2.24, 2.45) is 0 Å². The number of carbonyl (C=O) groups excluding carboxylic acids is 1. The van der Waals surface area contributed by atoms with E-state index in [9.17, 15) is 15.0 Å². The summed E-state index contributed by atoms with van der Waals surface area (Å²) >= 11 is 0. The van der Waals surface area contributed by atoms with Crippen molar-refractivity contribution >= 4 is 17.9 Å². The van der Waals surface area contributed by atoms with Crippen LogP contribution < -0.4 is 0 Å². The Hall–Kier alpha value is -2.81. The smallest absolute Gasteiger partial charge is 0.185 e. The number of allylic oxidation sites excluding steroid dienone is 2. The Morgan fingerprint density at radius 2 is 1.00 bits per heavy atom. The zero-order valence-corrected chi connectivity index (χ0v) is 19.2. The second-order valence-electron chi connectivity index (χ2n) is 8.31. The van der Waals surface area contributed by atoms with Gasteiger partial charge in [0.2, 0.25) is 0 Å². The maximum atomic E-state index is 13.3. The third-order valence-corrected chi connectivity index (χ3v) is 6.26. The van der Waals surface area contributed by atoms with Crippen molar-refractivity contribution in [2.75, 3.05) is 0 Å². The molecule has 3 rings (SSSR count). The van der Waals surface area contributed by atoms with E-state index in [0.717, 1.165) is 89.5 Å². The lowest BCUT2D eigenvalue weighted by Gasteiger charge is -2.18. The van der Waals surface area contributed by atoms with Crippen LogP contribution in [0.3, 0.4) is 0 Å². The maximum absolute atomic E-state index is 13.3. The number of carbonyl (C=O) groups is 1. The summed E-state index contributed by atoms with van der Waals surface area (Å²) < 4.78 is 0. The average Bonchev–Trinajstić information content (AvgIpc) is 2.78. The standard InChI is InChI=1S/C28H34O3/c1-5-20-12-18(13-21(6-2)26(20)29)16-24-10-9-11-25(28(24)31)17-19-14-22(7-3)27(30)23(8-4)15-19/h12-17,29-30H,5-11H2,1-4H3/b24-16-,25-17+. The van der Waals surface area contributed by atoms with E-state index in [1.54, 1.807) is 0 Å². The van der Waals surface area contributed by atoms with Gasteiger partial charge < -0.3 is 10.2 Å². The van der Waals surface area contributed by atoms with E-state index in [0.29, 0.717) is 11.5 Å². The van der Waals surface area contributed by atoms with Crippen LogP contribution in [-0.4, -0.2) is 16.0 Å². The van der Waals surface area contributed by atoms with Gasteiger partial charge in [-0.1, -0.05) is 27.7 Å². The van der Waals surface area contributed by atoms with Gasteiger partial charge in [-0.05, 0) is 115 Å². The topological polar surface area (TPSA) is 57.5 Å². The molecular weight excluding hydrogens is 384 g/mol. The molecule has 2 aromatic carbocycles. The lowest BCUT2D eigenvalue weighted by Crippen LogP contribution is -2.12. The van der Waals surface area contributed by atoms with Gasteiger partial charge in [-0.3, -0.25) is 4.79 Å². The second kappa shape index (κ2) is 10.00. The Kier molecular flexibility index (Phi) is 7.37. The Balaban J connectivity index is 1.97. The number of aromatic hydroxyl groups is 2. The highest BCUT2D eigenvalue weighted by Gasteiger charge is 2.21. The monoisotopic (exact) mass is 418 g/mol.